The molecule has 19 heteroatoms. The number of hydrazine groups is 1. The lowest BCUT2D eigenvalue weighted by atomic mass is 9.77. The van der Waals surface area contributed by atoms with Gasteiger partial charge < -0.3 is 14.1 Å². The van der Waals surface area contributed by atoms with Crippen LogP contribution in [-0.2, 0) is 45.3 Å². The Labute approximate surface area is 321 Å². The van der Waals surface area contributed by atoms with E-state index in [1.165, 1.54) is 18.4 Å². The van der Waals surface area contributed by atoms with Crippen LogP contribution in [0.2, 0.25) is 0 Å². The van der Waals surface area contributed by atoms with Crippen LogP contribution in [0.15, 0.2) is 75.9 Å². The smallest absolute Gasteiger partial charge is 0.294 e. The number of rotatable bonds is 20. The molecule has 0 spiro atoms. The van der Waals surface area contributed by atoms with Crippen LogP contribution in [0.1, 0.15) is 63.0 Å². The lowest BCUT2D eigenvalue weighted by Gasteiger charge is -2.30. The SMILES string of the molecule is COCC[N+](CCCS(=O)(=O)O)=c1ccc2c(C=CC=C3N(CCCCCC(=O)NN)c4ccc(S(=O)(=O)O)cc4C3(C)CCCS(=O)(=O)O)ccoc-2c1. The molecule has 6 N–H and O–H groups in total. The van der Waals surface area contributed by atoms with Crippen molar-refractivity contribution >= 4 is 48.0 Å². The monoisotopic (exact) mass is 825 g/mol. The van der Waals surface area contributed by atoms with Crippen molar-refractivity contribution in [2.75, 3.05) is 49.8 Å². The van der Waals surface area contributed by atoms with Crippen LogP contribution in [0.5, 0.6) is 0 Å². The second-order valence-electron chi connectivity index (χ2n) is 13.5. The van der Waals surface area contributed by atoms with Crippen LogP contribution in [-0.4, -0.2) is 89.7 Å². The molecule has 0 saturated carbocycles. The summed E-state index contributed by atoms with van der Waals surface area (Å²) in [6, 6.07) is 11.7. The Morgan fingerprint density at radius 3 is 2.35 bits per heavy atom. The first-order valence-electron chi connectivity index (χ1n) is 17.6. The zero-order valence-electron chi connectivity index (χ0n) is 30.8. The van der Waals surface area contributed by atoms with Gasteiger partial charge in [-0.1, -0.05) is 18.6 Å². The van der Waals surface area contributed by atoms with Crippen molar-refractivity contribution in [3.8, 4) is 11.3 Å². The van der Waals surface area contributed by atoms with E-state index in [0.717, 1.165) is 22.2 Å². The highest BCUT2D eigenvalue weighted by Gasteiger charge is 2.43. The molecule has 55 heavy (non-hydrogen) atoms. The molecule has 4 rings (SSSR count). The number of benzene rings is 2. The Kier molecular flexibility index (Phi) is 15.0. The van der Waals surface area contributed by atoms with Crippen molar-refractivity contribution in [2.45, 2.75) is 62.2 Å². The molecule has 1 aliphatic carbocycles. The highest BCUT2D eigenvalue weighted by Crippen LogP contribution is 2.51. The van der Waals surface area contributed by atoms with Crippen LogP contribution in [0.3, 0.4) is 0 Å². The highest BCUT2D eigenvalue weighted by molar-refractivity contribution is 7.86. The predicted molar refractivity (Wildman–Crippen MR) is 208 cm³/mol. The van der Waals surface area contributed by atoms with E-state index in [9.17, 15) is 43.7 Å². The zero-order valence-corrected chi connectivity index (χ0v) is 33.2. The first-order chi connectivity index (χ1) is 25.9. The van der Waals surface area contributed by atoms with Gasteiger partial charge in [-0.2, -0.15) is 25.3 Å². The first-order valence-corrected chi connectivity index (χ1v) is 22.3. The number of carbonyl (C=O) groups excluding carboxylic acids is 1. The summed E-state index contributed by atoms with van der Waals surface area (Å²) in [5, 5.41) is 0.764. The van der Waals surface area contributed by atoms with Gasteiger partial charge in [-0.05, 0) is 80.1 Å². The number of nitrogens with one attached hydrogen (secondary N) is 1. The molecule has 16 nitrogen and oxygen atoms in total. The first kappa shape index (κ1) is 43.8. The van der Waals surface area contributed by atoms with Crippen LogP contribution >= 0.6 is 0 Å². The molecule has 2 heterocycles. The third-order valence-corrected chi connectivity index (χ3v) is 12.0. The molecule has 0 bridgehead atoms. The number of nitrogens with zero attached hydrogens (tertiary/aromatic N) is 2. The summed E-state index contributed by atoms with van der Waals surface area (Å²) < 4.78 is 112. The van der Waals surface area contributed by atoms with E-state index in [0.29, 0.717) is 62.5 Å². The normalized spacial score (nSPS) is 17.6. The van der Waals surface area contributed by atoms with Gasteiger partial charge in [0.2, 0.25) is 11.3 Å². The number of carbonyl (C=O) groups is 1. The predicted octanol–water partition coefficient (Wildman–Crippen LogP) is 3.22. The maximum Gasteiger partial charge on any atom is 0.294 e. The summed E-state index contributed by atoms with van der Waals surface area (Å²) in [5.74, 6) is 4.59. The number of hydrogen-bond acceptors (Lipinski definition) is 11. The minimum absolute atomic E-state index is 0.0539. The van der Waals surface area contributed by atoms with Gasteiger partial charge in [0.15, 0.2) is 6.54 Å². The lowest BCUT2D eigenvalue weighted by molar-refractivity contribution is -0.121. The van der Waals surface area contributed by atoms with Gasteiger partial charge in [0.1, 0.15) is 18.9 Å². The molecule has 0 fully saturated rings. The minimum atomic E-state index is -4.57. The Bertz CT molecular complexity index is 2270. The topological polar surface area (TPSA) is 247 Å². The molecule has 0 aromatic heterocycles. The summed E-state index contributed by atoms with van der Waals surface area (Å²) in [6.07, 6.45) is 9.72. The Morgan fingerprint density at radius 2 is 1.67 bits per heavy atom. The maximum atomic E-state index is 12.2. The van der Waals surface area contributed by atoms with Crippen molar-refractivity contribution in [3.05, 3.63) is 83.1 Å². The van der Waals surface area contributed by atoms with Crippen LogP contribution < -0.4 is 26.1 Å². The largest absolute Gasteiger partial charge is 0.464 e. The summed E-state index contributed by atoms with van der Waals surface area (Å²) in [5.41, 5.74) is 4.69. The van der Waals surface area contributed by atoms with Crippen LogP contribution in [0, 0.1) is 0 Å². The number of methoxy groups -OCH3 is 1. The van der Waals surface area contributed by atoms with Gasteiger partial charge in [-0.25, -0.2) is 10.4 Å². The van der Waals surface area contributed by atoms with Crippen molar-refractivity contribution in [3.63, 3.8) is 0 Å². The van der Waals surface area contributed by atoms with Gasteiger partial charge in [-0.15, -0.1) is 0 Å². The van der Waals surface area contributed by atoms with Gasteiger partial charge >= 0.3 is 0 Å². The van der Waals surface area contributed by atoms with Crippen LogP contribution in [0.4, 0.5) is 5.69 Å². The summed E-state index contributed by atoms with van der Waals surface area (Å²) in [4.78, 5) is 13.4. The van der Waals surface area contributed by atoms with Gasteiger partial charge in [0.05, 0.1) is 28.7 Å². The number of nitrogens with two attached hydrogens (primary N) is 1. The zero-order chi connectivity index (χ0) is 40.4. The Hall–Kier alpha value is -3.95. The number of amides is 1. The van der Waals surface area contributed by atoms with Gasteiger partial charge in [0.25, 0.3) is 30.4 Å². The molecule has 1 atom stereocenters. The molecule has 302 valence electrons. The molecule has 1 aromatic rings. The third-order valence-electron chi connectivity index (χ3n) is 9.54. The van der Waals surface area contributed by atoms with E-state index in [2.05, 4.69) is 5.43 Å². The van der Waals surface area contributed by atoms with Crippen LogP contribution in [0.25, 0.3) is 17.4 Å². The minimum Gasteiger partial charge on any atom is -0.464 e. The van der Waals surface area contributed by atoms with Crippen molar-refractivity contribution < 1.29 is 52.9 Å². The van der Waals surface area contributed by atoms with Crippen molar-refractivity contribution in [1.29, 1.82) is 0 Å². The van der Waals surface area contributed by atoms with E-state index < -0.39 is 41.5 Å². The number of anilines is 1. The maximum absolute atomic E-state index is 12.2. The number of fused-ring (bicyclic) bond motifs is 2. The third kappa shape index (κ3) is 12.3. The van der Waals surface area contributed by atoms with Gasteiger partial charge in [-0.3, -0.25) is 23.9 Å². The van der Waals surface area contributed by atoms with E-state index in [1.54, 1.807) is 19.2 Å². The number of ether oxygens (including phenoxy) is 1. The van der Waals surface area contributed by atoms with Crippen molar-refractivity contribution in [2.24, 2.45) is 5.84 Å². The van der Waals surface area contributed by atoms with E-state index in [1.807, 2.05) is 52.8 Å². The quantitative estimate of drug-likeness (QED) is 0.0274. The van der Waals surface area contributed by atoms with E-state index in [4.69, 9.17) is 15.0 Å². The van der Waals surface area contributed by atoms with E-state index in [-0.39, 0.29) is 42.2 Å². The summed E-state index contributed by atoms with van der Waals surface area (Å²) in [7, 11) is -11.4. The lowest BCUT2D eigenvalue weighted by Crippen LogP contribution is -2.34. The molecule has 0 saturated heterocycles. The molecule has 3 aliphatic rings. The molecule has 2 aliphatic heterocycles. The average Bonchev–Trinajstić information content (AvgIpc) is 3.33. The second-order valence-corrected chi connectivity index (χ2v) is 18.1. The molecular weight excluding hydrogens is 777 g/mol. The number of hydrogen-bond donors (Lipinski definition) is 5. The number of unbranched alkanes of at least 4 members (excludes halogenated alkanes) is 2. The second kappa shape index (κ2) is 18.8. The fraction of sp³-hybridized carbons (Fsp3) is 0.444. The molecule has 1 amide bonds. The molecular formula is C36H49N4O12S3+. The van der Waals surface area contributed by atoms with E-state index >= 15 is 0 Å². The van der Waals surface area contributed by atoms with Gasteiger partial charge in [0, 0.05) is 54.9 Å². The fourth-order valence-corrected chi connectivity index (χ4v) is 8.33. The standard InChI is InChI=1S/C36H48N4O12S3/c1-36(17-7-23-53(42,43)44)31-26-29(55(48,49)50)13-15-32(31)40(19-5-3-4-11-35(41)38-37)34(36)10-6-9-27-16-21-52-33-25-28(12-14-30(27)33)39(20-22-51-2)18-8-24-54(45,46)47/h6,9-10,12-16,21,25-26H,3-5,7-8,11,17-20,22-24,37H2,1-2H3,(H3-,38,41,42,43,44,45,46,47,48,49,50)/p+1. The molecule has 1 aromatic carbocycles. The Balaban J connectivity index is 1.76. The Morgan fingerprint density at radius 1 is 0.945 bits per heavy atom. The van der Waals surface area contributed by atoms with Crippen molar-refractivity contribution in [1.82, 2.24) is 10.0 Å². The molecule has 0 radical (unpaired) electrons. The average molecular weight is 826 g/mol. The fourth-order valence-electron chi connectivity index (χ4n) is 6.82. The summed E-state index contributed by atoms with van der Waals surface area (Å²) >= 11 is 0. The summed E-state index contributed by atoms with van der Waals surface area (Å²) in [6.45, 7) is 3.53. The highest BCUT2D eigenvalue weighted by atomic mass is 32.2. The number of allylic oxidation sites excluding steroid dienone is 3. The molecule has 1 unspecified atom stereocenters.